The minimum absolute atomic E-state index is 0.188. The zero-order valence-corrected chi connectivity index (χ0v) is 10.8. The lowest BCUT2D eigenvalue weighted by atomic mass is 9.59. The van der Waals surface area contributed by atoms with Crippen molar-refractivity contribution in [1.29, 1.82) is 0 Å². The highest BCUT2D eigenvalue weighted by atomic mass is 16.5. The Hall–Kier alpha value is -0.860. The smallest absolute Gasteiger partial charge is 0.312 e. The van der Waals surface area contributed by atoms with E-state index in [1.165, 1.54) is 0 Å². The second-order valence-corrected chi connectivity index (χ2v) is 5.48. The van der Waals surface area contributed by atoms with Crippen molar-refractivity contribution < 1.29 is 14.3 Å². The first-order chi connectivity index (χ1) is 7.33. The third-order valence-corrected chi connectivity index (χ3v) is 4.07. The minimum Gasteiger partial charge on any atom is -0.466 e. The van der Waals surface area contributed by atoms with Gasteiger partial charge >= 0.3 is 5.97 Å². The Morgan fingerprint density at radius 2 is 2.12 bits per heavy atom. The molecule has 3 nitrogen and oxygen atoms in total. The number of ether oxygens (including phenoxy) is 1. The number of hydrogen-bond donors (Lipinski definition) is 0. The quantitative estimate of drug-likeness (QED) is 0.695. The molecule has 92 valence electrons. The first-order valence-electron chi connectivity index (χ1n) is 6.02. The van der Waals surface area contributed by atoms with Gasteiger partial charge in [-0.3, -0.25) is 9.59 Å². The molecule has 1 unspecified atom stereocenters. The molecule has 1 aliphatic carbocycles. The molecule has 1 atom stereocenters. The van der Waals surface area contributed by atoms with Gasteiger partial charge in [0.1, 0.15) is 5.78 Å². The summed E-state index contributed by atoms with van der Waals surface area (Å²) < 4.78 is 5.11. The van der Waals surface area contributed by atoms with Crippen LogP contribution in [0.3, 0.4) is 0 Å². The lowest BCUT2D eigenvalue weighted by Gasteiger charge is -2.44. The van der Waals surface area contributed by atoms with Crippen LogP contribution in [0.2, 0.25) is 0 Å². The Morgan fingerprint density at radius 1 is 1.50 bits per heavy atom. The van der Waals surface area contributed by atoms with Crippen LogP contribution in [0.25, 0.3) is 0 Å². The van der Waals surface area contributed by atoms with Crippen molar-refractivity contribution in [3.05, 3.63) is 0 Å². The molecule has 0 heterocycles. The highest BCUT2D eigenvalue weighted by Gasteiger charge is 2.49. The minimum atomic E-state index is -0.584. The van der Waals surface area contributed by atoms with Crippen LogP contribution in [0.15, 0.2) is 0 Å². The number of ketones is 1. The molecule has 3 heteroatoms. The molecule has 0 saturated heterocycles. The predicted molar refractivity (Wildman–Crippen MR) is 62.0 cm³/mol. The molecule has 0 amide bonds. The van der Waals surface area contributed by atoms with E-state index in [1.54, 1.807) is 0 Å². The van der Waals surface area contributed by atoms with Gasteiger partial charge in [0.2, 0.25) is 0 Å². The lowest BCUT2D eigenvalue weighted by molar-refractivity contribution is -0.163. The largest absolute Gasteiger partial charge is 0.466 e. The van der Waals surface area contributed by atoms with Crippen LogP contribution in [0.4, 0.5) is 0 Å². The fourth-order valence-corrected chi connectivity index (χ4v) is 2.38. The van der Waals surface area contributed by atoms with E-state index >= 15 is 0 Å². The summed E-state index contributed by atoms with van der Waals surface area (Å²) in [6, 6.07) is 0. The maximum absolute atomic E-state index is 11.9. The summed E-state index contributed by atoms with van der Waals surface area (Å²) in [5.41, 5.74) is -0.840. The molecule has 16 heavy (non-hydrogen) atoms. The van der Waals surface area contributed by atoms with Crippen LogP contribution in [0, 0.1) is 10.8 Å². The van der Waals surface area contributed by atoms with Crippen molar-refractivity contribution in [3.63, 3.8) is 0 Å². The second-order valence-electron chi connectivity index (χ2n) is 5.48. The number of carbonyl (C=O) groups is 2. The Morgan fingerprint density at radius 3 is 2.62 bits per heavy atom. The summed E-state index contributed by atoms with van der Waals surface area (Å²) in [4.78, 5) is 23.5. The van der Waals surface area contributed by atoms with Gasteiger partial charge in [0.05, 0.1) is 12.0 Å². The highest BCUT2D eigenvalue weighted by Crippen LogP contribution is 2.49. The zero-order valence-electron chi connectivity index (χ0n) is 10.8. The normalized spacial score (nSPS) is 26.6. The maximum atomic E-state index is 11.9. The molecule has 0 spiro atoms. The number of carbonyl (C=O) groups excluding carboxylic acids is 2. The summed E-state index contributed by atoms with van der Waals surface area (Å²) in [7, 11) is 0. The van der Waals surface area contributed by atoms with E-state index in [9.17, 15) is 9.59 Å². The molecule has 0 aliphatic heterocycles. The van der Waals surface area contributed by atoms with Crippen molar-refractivity contribution >= 4 is 11.8 Å². The van der Waals surface area contributed by atoms with Gasteiger partial charge in [-0.15, -0.1) is 0 Å². The van der Waals surface area contributed by atoms with Crippen LogP contribution >= 0.6 is 0 Å². The van der Waals surface area contributed by atoms with Crippen molar-refractivity contribution in [2.75, 3.05) is 6.61 Å². The zero-order chi connectivity index (χ0) is 12.4. The van der Waals surface area contributed by atoms with Gasteiger partial charge in [-0.25, -0.2) is 0 Å². The van der Waals surface area contributed by atoms with E-state index in [4.69, 9.17) is 4.74 Å². The average Bonchev–Trinajstić information content (AvgIpc) is 2.17. The first kappa shape index (κ1) is 13.2. The Labute approximate surface area is 97.5 Å². The number of Topliss-reactive ketones (excluding diaryl/α,β-unsaturated/α-hetero) is 1. The Kier molecular flexibility index (Phi) is 3.76. The number of rotatable bonds is 3. The van der Waals surface area contributed by atoms with E-state index < -0.39 is 5.41 Å². The van der Waals surface area contributed by atoms with Gasteiger partial charge in [-0.05, 0) is 39.0 Å². The Balaban J connectivity index is 2.87. The van der Waals surface area contributed by atoms with Crippen molar-refractivity contribution in [3.8, 4) is 0 Å². The second kappa shape index (κ2) is 4.56. The first-order valence-corrected chi connectivity index (χ1v) is 6.02. The third-order valence-electron chi connectivity index (χ3n) is 4.07. The molecule has 0 aromatic rings. The van der Waals surface area contributed by atoms with E-state index in [-0.39, 0.29) is 17.2 Å². The van der Waals surface area contributed by atoms with Crippen LogP contribution in [-0.4, -0.2) is 18.4 Å². The average molecular weight is 226 g/mol. The molecule has 0 radical (unpaired) electrons. The monoisotopic (exact) mass is 226 g/mol. The van der Waals surface area contributed by atoms with Gasteiger partial charge in [0, 0.05) is 12.8 Å². The standard InChI is InChI=1S/C13H22O3/c1-5-16-11(15)12(2,3)13(4)8-6-7-10(14)9-13/h5-9H2,1-4H3. The molecule has 0 N–H and O–H groups in total. The fourth-order valence-electron chi connectivity index (χ4n) is 2.38. The summed E-state index contributed by atoms with van der Waals surface area (Å²) in [5.74, 6) is 0.0818. The van der Waals surface area contributed by atoms with Gasteiger partial charge in [0.25, 0.3) is 0 Å². The SMILES string of the molecule is CCOC(=O)C(C)(C)C1(C)CCCC(=O)C1. The summed E-state index contributed by atoms with van der Waals surface area (Å²) in [5, 5.41) is 0. The summed E-state index contributed by atoms with van der Waals surface area (Å²) >= 11 is 0. The van der Waals surface area contributed by atoms with Crippen molar-refractivity contribution in [1.82, 2.24) is 0 Å². The van der Waals surface area contributed by atoms with E-state index in [1.807, 2.05) is 27.7 Å². The van der Waals surface area contributed by atoms with E-state index in [2.05, 4.69) is 0 Å². The van der Waals surface area contributed by atoms with Crippen LogP contribution in [0.1, 0.15) is 53.4 Å². The molecule has 1 aliphatic rings. The summed E-state index contributed by atoms with van der Waals surface area (Å²) in [6.07, 6.45) is 2.97. The molecule has 0 aromatic heterocycles. The van der Waals surface area contributed by atoms with Crippen LogP contribution in [-0.2, 0) is 14.3 Å². The molecule has 1 saturated carbocycles. The molecule has 0 bridgehead atoms. The van der Waals surface area contributed by atoms with Crippen molar-refractivity contribution in [2.24, 2.45) is 10.8 Å². The van der Waals surface area contributed by atoms with Gasteiger partial charge in [-0.1, -0.05) is 6.92 Å². The number of hydrogen-bond acceptors (Lipinski definition) is 3. The predicted octanol–water partition coefficient (Wildman–Crippen LogP) is 2.73. The number of esters is 1. The van der Waals surface area contributed by atoms with Gasteiger partial charge in [0.15, 0.2) is 0 Å². The molecule has 1 rings (SSSR count). The van der Waals surface area contributed by atoms with E-state index in [0.29, 0.717) is 19.4 Å². The van der Waals surface area contributed by atoms with E-state index in [0.717, 1.165) is 12.8 Å². The van der Waals surface area contributed by atoms with Gasteiger partial charge in [-0.2, -0.15) is 0 Å². The molecule has 1 fully saturated rings. The highest BCUT2D eigenvalue weighted by molar-refractivity contribution is 5.83. The van der Waals surface area contributed by atoms with Crippen molar-refractivity contribution in [2.45, 2.75) is 53.4 Å². The lowest BCUT2D eigenvalue weighted by Crippen LogP contribution is -2.45. The fraction of sp³-hybridized carbons (Fsp3) is 0.846. The van der Waals surface area contributed by atoms with Crippen LogP contribution < -0.4 is 0 Å². The summed E-state index contributed by atoms with van der Waals surface area (Å²) in [6.45, 7) is 8.02. The maximum Gasteiger partial charge on any atom is 0.312 e. The third kappa shape index (κ3) is 2.28. The van der Waals surface area contributed by atoms with Gasteiger partial charge < -0.3 is 4.74 Å². The molecular weight excluding hydrogens is 204 g/mol. The van der Waals surface area contributed by atoms with Crippen LogP contribution in [0.5, 0.6) is 0 Å². The molecule has 0 aromatic carbocycles. The topological polar surface area (TPSA) is 43.4 Å². The Bertz CT molecular complexity index is 294. The molecular formula is C13H22O3.